The molecule has 2 N–H and O–H groups in total. The van der Waals surface area contributed by atoms with Crippen LogP contribution in [0.1, 0.15) is 11.3 Å². The molecular weight excluding hydrogens is 266 g/mol. The van der Waals surface area contributed by atoms with Gasteiger partial charge in [-0.25, -0.2) is 4.98 Å². The molecule has 2 rings (SSSR count). The van der Waals surface area contributed by atoms with E-state index in [0.717, 1.165) is 11.3 Å². The number of halogens is 1. The van der Waals surface area contributed by atoms with E-state index in [-0.39, 0.29) is 12.2 Å². The maximum Gasteiger partial charge on any atom is 0.252 e. The number of rotatable bonds is 4. The minimum atomic E-state index is -0.234. The van der Waals surface area contributed by atoms with Gasteiger partial charge in [-0.05, 0) is 24.6 Å². The van der Waals surface area contributed by atoms with Crippen LogP contribution in [0, 0.1) is 6.92 Å². The lowest BCUT2D eigenvalue weighted by molar-refractivity contribution is 0.181. The van der Waals surface area contributed by atoms with Crippen LogP contribution in [0.2, 0.25) is 5.02 Å². The summed E-state index contributed by atoms with van der Waals surface area (Å²) in [6.45, 7) is 2.21. The first-order chi connectivity index (χ1) is 9.08. The predicted molar refractivity (Wildman–Crippen MR) is 75.0 cm³/mol. The number of aryl methyl sites for hydroxylation is 1. The minimum absolute atomic E-state index is 0.234. The molecule has 0 spiro atoms. The molecule has 0 bridgehead atoms. The van der Waals surface area contributed by atoms with Crippen molar-refractivity contribution in [2.45, 2.75) is 13.5 Å². The third-order valence-electron chi connectivity index (χ3n) is 2.52. The van der Waals surface area contributed by atoms with Gasteiger partial charge in [0.25, 0.3) is 5.56 Å². The lowest BCUT2D eigenvalue weighted by Gasteiger charge is -2.08. The zero-order valence-electron chi connectivity index (χ0n) is 10.7. The molecule has 5 nitrogen and oxygen atoms in total. The molecule has 0 radical (unpaired) electrons. The number of nitrogens with zero attached hydrogens (tertiary/aromatic N) is 1. The Balaban J connectivity index is 2.27. The number of H-pyrrole nitrogens is 1. The van der Waals surface area contributed by atoms with Crippen LogP contribution < -0.4 is 10.9 Å². The quantitative estimate of drug-likeness (QED) is 0.903. The summed E-state index contributed by atoms with van der Waals surface area (Å²) in [7, 11) is 1.55. The molecule has 0 saturated carbocycles. The summed E-state index contributed by atoms with van der Waals surface area (Å²) < 4.78 is 4.96. The zero-order chi connectivity index (χ0) is 13.8. The monoisotopic (exact) mass is 279 g/mol. The maximum absolute atomic E-state index is 11.5. The summed E-state index contributed by atoms with van der Waals surface area (Å²) >= 11 is 6.04. The number of aromatic nitrogens is 2. The average molecular weight is 280 g/mol. The van der Waals surface area contributed by atoms with Gasteiger partial charge in [0, 0.05) is 23.9 Å². The van der Waals surface area contributed by atoms with Crippen molar-refractivity contribution in [3.05, 3.63) is 50.9 Å². The number of hydrogen-bond donors (Lipinski definition) is 2. The average Bonchev–Trinajstić information content (AvgIpc) is 2.33. The minimum Gasteiger partial charge on any atom is -0.378 e. The Hall–Kier alpha value is -1.85. The predicted octanol–water partition coefficient (Wildman–Crippen LogP) is 2.62. The van der Waals surface area contributed by atoms with Crippen LogP contribution in [0.3, 0.4) is 0 Å². The summed E-state index contributed by atoms with van der Waals surface area (Å²) in [5, 5.41) is 3.66. The topological polar surface area (TPSA) is 67.0 Å². The number of nitrogens with one attached hydrogen (secondary N) is 2. The molecule has 0 atom stereocenters. The van der Waals surface area contributed by atoms with Crippen molar-refractivity contribution in [3.63, 3.8) is 0 Å². The highest BCUT2D eigenvalue weighted by Gasteiger charge is 2.03. The molecule has 19 heavy (non-hydrogen) atoms. The van der Waals surface area contributed by atoms with E-state index in [4.69, 9.17) is 16.3 Å². The van der Waals surface area contributed by atoms with Crippen LogP contribution >= 0.6 is 11.6 Å². The fourth-order valence-electron chi connectivity index (χ4n) is 1.60. The molecule has 0 saturated heterocycles. The molecule has 1 heterocycles. The summed E-state index contributed by atoms with van der Waals surface area (Å²) in [6.07, 6.45) is 0. The van der Waals surface area contributed by atoms with E-state index in [9.17, 15) is 4.79 Å². The molecule has 100 valence electrons. The lowest BCUT2D eigenvalue weighted by Crippen LogP contribution is -2.12. The van der Waals surface area contributed by atoms with E-state index < -0.39 is 0 Å². The Labute approximate surface area is 115 Å². The van der Waals surface area contributed by atoms with Gasteiger partial charge < -0.3 is 10.1 Å². The van der Waals surface area contributed by atoms with Gasteiger partial charge >= 0.3 is 0 Å². The van der Waals surface area contributed by atoms with Gasteiger partial charge in [-0.15, -0.1) is 0 Å². The van der Waals surface area contributed by atoms with Crippen LogP contribution in [0.25, 0.3) is 0 Å². The number of methoxy groups -OCH3 is 1. The number of anilines is 2. The Morgan fingerprint density at radius 1 is 1.42 bits per heavy atom. The first-order valence-corrected chi connectivity index (χ1v) is 6.08. The van der Waals surface area contributed by atoms with Crippen molar-refractivity contribution >= 4 is 23.2 Å². The van der Waals surface area contributed by atoms with Crippen molar-refractivity contribution < 1.29 is 4.74 Å². The molecule has 6 heteroatoms. The summed E-state index contributed by atoms with van der Waals surface area (Å²) in [5.41, 5.74) is 2.07. The van der Waals surface area contributed by atoms with Crippen LogP contribution in [-0.4, -0.2) is 17.1 Å². The molecule has 0 aliphatic carbocycles. The van der Waals surface area contributed by atoms with E-state index in [1.165, 1.54) is 6.07 Å². The highest BCUT2D eigenvalue weighted by molar-refractivity contribution is 6.31. The Morgan fingerprint density at radius 3 is 2.89 bits per heavy atom. The fourth-order valence-corrected chi connectivity index (χ4v) is 1.78. The number of ether oxygens (including phenoxy) is 1. The SMILES string of the molecule is COCc1cc(=O)[nH]c(Nc2ccc(C)c(Cl)c2)n1. The largest absolute Gasteiger partial charge is 0.378 e. The van der Waals surface area contributed by atoms with Gasteiger partial charge in [0.05, 0.1) is 12.3 Å². The van der Waals surface area contributed by atoms with E-state index in [1.807, 2.05) is 19.1 Å². The van der Waals surface area contributed by atoms with Crippen molar-refractivity contribution in [1.29, 1.82) is 0 Å². The lowest BCUT2D eigenvalue weighted by atomic mass is 10.2. The van der Waals surface area contributed by atoms with Gasteiger partial charge in [0.2, 0.25) is 5.95 Å². The molecular formula is C13H14ClN3O2. The smallest absolute Gasteiger partial charge is 0.252 e. The van der Waals surface area contributed by atoms with Gasteiger partial charge in [-0.1, -0.05) is 17.7 Å². The molecule has 0 unspecified atom stereocenters. The Kier molecular flexibility index (Phi) is 4.19. The van der Waals surface area contributed by atoms with Crippen molar-refractivity contribution in [1.82, 2.24) is 9.97 Å². The first kappa shape index (κ1) is 13.6. The van der Waals surface area contributed by atoms with Crippen LogP contribution in [0.15, 0.2) is 29.1 Å². The van der Waals surface area contributed by atoms with Gasteiger partial charge in [0.1, 0.15) is 0 Å². The van der Waals surface area contributed by atoms with Gasteiger partial charge in [-0.3, -0.25) is 9.78 Å². The zero-order valence-corrected chi connectivity index (χ0v) is 11.4. The van der Waals surface area contributed by atoms with Crippen LogP contribution in [0.4, 0.5) is 11.6 Å². The van der Waals surface area contributed by atoms with Crippen LogP contribution in [0.5, 0.6) is 0 Å². The highest BCUT2D eigenvalue weighted by atomic mass is 35.5. The summed E-state index contributed by atoms with van der Waals surface area (Å²) in [6, 6.07) is 6.93. The number of hydrogen-bond acceptors (Lipinski definition) is 4. The fraction of sp³-hybridized carbons (Fsp3) is 0.231. The maximum atomic E-state index is 11.5. The summed E-state index contributed by atoms with van der Waals surface area (Å²) in [4.78, 5) is 18.3. The molecule has 0 amide bonds. The Bertz CT molecular complexity index is 640. The van der Waals surface area contributed by atoms with Gasteiger partial charge in [-0.2, -0.15) is 0 Å². The van der Waals surface area contributed by atoms with E-state index >= 15 is 0 Å². The van der Waals surface area contributed by atoms with E-state index in [0.29, 0.717) is 16.7 Å². The second-order valence-corrected chi connectivity index (χ2v) is 4.51. The standard InChI is InChI=1S/C13H14ClN3O2/c1-8-3-4-9(5-11(8)14)15-13-16-10(7-19-2)6-12(18)17-13/h3-6H,7H2,1-2H3,(H2,15,16,17,18). The molecule has 1 aromatic heterocycles. The number of benzene rings is 1. The molecule has 0 aliphatic heterocycles. The second-order valence-electron chi connectivity index (χ2n) is 4.11. The second kappa shape index (κ2) is 5.86. The normalized spacial score (nSPS) is 10.5. The molecule has 0 aliphatic rings. The first-order valence-electron chi connectivity index (χ1n) is 5.71. The number of aromatic amines is 1. The van der Waals surface area contributed by atoms with Crippen molar-refractivity contribution in [3.8, 4) is 0 Å². The van der Waals surface area contributed by atoms with Crippen molar-refractivity contribution in [2.24, 2.45) is 0 Å². The molecule has 2 aromatic rings. The van der Waals surface area contributed by atoms with Crippen molar-refractivity contribution in [2.75, 3.05) is 12.4 Å². The van der Waals surface area contributed by atoms with E-state index in [1.54, 1.807) is 13.2 Å². The Morgan fingerprint density at radius 2 is 2.21 bits per heavy atom. The molecule has 1 aromatic carbocycles. The summed E-state index contributed by atoms with van der Waals surface area (Å²) in [5.74, 6) is 0.361. The van der Waals surface area contributed by atoms with Gasteiger partial charge in [0.15, 0.2) is 0 Å². The van der Waals surface area contributed by atoms with E-state index in [2.05, 4.69) is 15.3 Å². The van der Waals surface area contributed by atoms with Crippen LogP contribution in [-0.2, 0) is 11.3 Å². The highest BCUT2D eigenvalue weighted by Crippen LogP contribution is 2.21. The third-order valence-corrected chi connectivity index (χ3v) is 2.93. The molecule has 0 fully saturated rings. The third kappa shape index (κ3) is 3.56.